The summed E-state index contributed by atoms with van der Waals surface area (Å²) in [6.45, 7) is 1.75. The van der Waals surface area contributed by atoms with Gasteiger partial charge < -0.3 is 10.6 Å². The zero-order valence-corrected chi connectivity index (χ0v) is 13.6. The van der Waals surface area contributed by atoms with Gasteiger partial charge in [0, 0.05) is 12.6 Å². The third-order valence-corrected chi connectivity index (χ3v) is 4.24. The molecule has 1 aliphatic rings. The number of hydrogen-bond acceptors (Lipinski definition) is 4. The van der Waals surface area contributed by atoms with Gasteiger partial charge in [0.2, 0.25) is 0 Å². The molecule has 9 heteroatoms. The van der Waals surface area contributed by atoms with Crippen molar-refractivity contribution in [3.8, 4) is 5.69 Å². The van der Waals surface area contributed by atoms with Crippen LogP contribution < -0.4 is 5.73 Å². The maximum absolute atomic E-state index is 13.2. The SMILES string of the molecule is Cc1cccc(-n2cc(C(=O)N3CC(N)CCC3C(F)(F)F)nn2)c1. The number of carbonyl (C=O) groups excluding carboxylic acids is 1. The number of amides is 1. The van der Waals surface area contributed by atoms with Crippen LogP contribution in [0.25, 0.3) is 5.69 Å². The van der Waals surface area contributed by atoms with Gasteiger partial charge >= 0.3 is 6.18 Å². The normalized spacial score (nSPS) is 21.4. The Hall–Kier alpha value is -2.42. The van der Waals surface area contributed by atoms with Crippen LogP contribution in [0.5, 0.6) is 0 Å². The molecule has 134 valence electrons. The van der Waals surface area contributed by atoms with Crippen LogP contribution in [0.3, 0.4) is 0 Å². The van der Waals surface area contributed by atoms with Gasteiger partial charge in [-0.1, -0.05) is 17.3 Å². The Morgan fingerprint density at radius 3 is 2.76 bits per heavy atom. The molecule has 0 saturated carbocycles. The van der Waals surface area contributed by atoms with E-state index in [2.05, 4.69) is 10.3 Å². The van der Waals surface area contributed by atoms with Crippen molar-refractivity contribution < 1.29 is 18.0 Å². The van der Waals surface area contributed by atoms with Crippen molar-refractivity contribution in [2.24, 2.45) is 5.73 Å². The van der Waals surface area contributed by atoms with Crippen molar-refractivity contribution in [1.82, 2.24) is 19.9 Å². The van der Waals surface area contributed by atoms with Crippen LogP contribution in [0, 0.1) is 6.92 Å². The molecule has 25 heavy (non-hydrogen) atoms. The number of hydrogen-bond donors (Lipinski definition) is 1. The van der Waals surface area contributed by atoms with E-state index in [9.17, 15) is 18.0 Å². The molecule has 2 aromatic rings. The molecule has 0 radical (unpaired) electrons. The van der Waals surface area contributed by atoms with E-state index in [0.29, 0.717) is 5.69 Å². The van der Waals surface area contributed by atoms with Crippen LogP contribution in [0.15, 0.2) is 30.5 Å². The molecule has 1 aromatic carbocycles. The summed E-state index contributed by atoms with van der Waals surface area (Å²) in [6.07, 6.45) is -3.14. The van der Waals surface area contributed by atoms with Gasteiger partial charge in [-0.2, -0.15) is 13.2 Å². The lowest BCUT2D eigenvalue weighted by atomic mass is 9.98. The van der Waals surface area contributed by atoms with Crippen LogP contribution in [0.4, 0.5) is 13.2 Å². The summed E-state index contributed by atoms with van der Waals surface area (Å²) in [7, 11) is 0. The van der Waals surface area contributed by atoms with Crippen molar-refractivity contribution in [3.05, 3.63) is 41.7 Å². The van der Waals surface area contributed by atoms with Crippen LogP contribution >= 0.6 is 0 Å². The average molecular weight is 353 g/mol. The second-order valence-corrected chi connectivity index (χ2v) is 6.24. The Kier molecular flexibility index (Phi) is 4.51. The third-order valence-electron chi connectivity index (χ3n) is 4.24. The minimum absolute atomic E-state index is 0.134. The largest absolute Gasteiger partial charge is 0.408 e. The van der Waals surface area contributed by atoms with Gasteiger partial charge in [-0.25, -0.2) is 4.68 Å². The Labute approximate surface area is 142 Å². The van der Waals surface area contributed by atoms with E-state index in [1.165, 1.54) is 10.9 Å². The fraction of sp³-hybridized carbons (Fsp3) is 0.438. The lowest BCUT2D eigenvalue weighted by Gasteiger charge is -2.38. The van der Waals surface area contributed by atoms with Crippen LogP contribution in [0.2, 0.25) is 0 Å². The minimum Gasteiger partial charge on any atom is -0.326 e. The second kappa shape index (κ2) is 6.47. The highest BCUT2D eigenvalue weighted by atomic mass is 19.4. The summed E-state index contributed by atoms with van der Waals surface area (Å²) in [4.78, 5) is 13.3. The van der Waals surface area contributed by atoms with Gasteiger partial charge in [0.05, 0.1) is 11.9 Å². The molecule has 1 aliphatic heterocycles. The van der Waals surface area contributed by atoms with E-state index in [1.807, 2.05) is 25.1 Å². The van der Waals surface area contributed by atoms with E-state index in [-0.39, 0.29) is 25.1 Å². The number of halogens is 3. The Bertz CT molecular complexity index is 773. The third kappa shape index (κ3) is 3.65. The van der Waals surface area contributed by atoms with Crippen molar-refractivity contribution in [1.29, 1.82) is 0 Å². The van der Waals surface area contributed by atoms with Gasteiger partial charge in [0.15, 0.2) is 5.69 Å². The number of carbonyl (C=O) groups is 1. The summed E-state index contributed by atoms with van der Waals surface area (Å²) in [5, 5.41) is 7.61. The molecule has 1 amide bonds. The molecular weight excluding hydrogens is 335 g/mol. The Morgan fingerprint density at radius 1 is 1.32 bits per heavy atom. The van der Waals surface area contributed by atoms with Crippen LogP contribution in [-0.4, -0.2) is 50.6 Å². The quantitative estimate of drug-likeness (QED) is 0.897. The van der Waals surface area contributed by atoms with Gasteiger partial charge in [-0.05, 0) is 37.5 Å². The van der Waals surface area contributed by atoms with Gasteiger partial charge in [0.1, 0.15) is 6.04 Å². The van der Waals surface area contributed by atoms with Crippen molar-refractivity contribution in [3.63, 3.8) is 0 Å². The zero-order chi connectivity index (χ0) is 18.2. The number of rotatable bonds is 2. The topological polar surface area (TPSA) is 77.0 Å². The predicted molar refractivity (Wildman–Crippen MR) is 84.2 cm³/mol. The predicted octanol–water partition coefficient (Wildman–Crippen LogP) is 2.07. The van der Waals surface area contributed by atoms with E-state index in [1.54, 1.807) is 6.07 Å². The lowest BCUT2D eigenvalue weighted by Crippen LogP contribution is -2.56. The molecule has 2 heterocycles. The molecule has 0 aliphatic carbocycles. The number of aromatic nitrogens is 3. The van der Waals surface area contributed by atoms with Crippen molar-refractivity contribution >= 4 is 5.91 Å². The molecule has 0 spiro atoms. The highest BCUT2D eigenvalue weighted by Crippen LogP contribution is 2.32. The number of alkyl halides is 3. The first-order valence-corrected chi connectivity index (χ1v) is 7.88. The Balaban J connectivity index is 1.87. The smallest absolute Gasteiger partial charge is 0.326 e. The standard InChI is InChI=1S/C16H18F3N5O/c1-10-3-2-4-12(7-10)24-9-13(21-22-24)15(25)23-8-11(20)5-6-14(23)16(17,18)19/h2-4,7,9,11,14H,5-6,8,20H2,1H3. The van der Waals surface area contributed by atoms with E-state index in [4.69, 9.17) is 5.73 Å². The first-order valence-electron chi connectivity index (χ1n) is 7.88. The van der Waals surface area contributed by atoms with E-state index in [0.717, 1.165) is 10.5 Å². The molecule has 6 nitrogen and oxygen atoms in total. The number of aryl methyl sites for hydroxylation is 1. The number of piperidine rings is 1. The maximum Gasteiger partial charge on any atom is 0.408 e. The highest BCUT2D eigenvalue weighted by Gasteiger charge is 2.48. The molecule has 2 unspecified atom stereocenters. The fourth-order valence-electron chi connectivity index (χ4n) is 2.97. The van der Waals surface area contributed by atoms with Crippen LogP contribution in [-0.2, 0) is 0 Å². The monoisotopic (exact) mass is 353 g/mol. The first-order chi connectivity index (χ1) is 11.8. The summed E-state index contributed by atoms with van der Waals surface area (Å²) < 4.78 is 41.1. The fourth-order valence-corrected chi connectivity index (χ4v) is 2.97. The molecule has 2 atom stereocenters. The number of nitrogens with zero attached hydrogens (tertiary/aromatic N) is 4. The highest BCUT2D eigenvalue weighted by molar-refractivity contribution is 5.92. The number of likely N-dealkylation sites (tertiary alicyclic amines) is 1. The Morgan fingerprint density at radius 2 is 2.08 bits per heavy atom. The summed E-state index contributed by atoms with van der Waals surface area (Å²) in [5.41, 5.74) is 7.28. The molecule has 1 aromatic heterocycles. The van der Waals surface area contributed by atoms with E-state index >= 15 is 0 Å². The second-order valence-electron chi connectivity index (χ2n) is 6.24. The average Bonchev–Trinajstić information content (AvgIpc) is 3.03. The van der Waals surface area contributed by atoms with Crippen molar-refractivity contribution in [2.75, 3.05) is 6.54 Å². The zero-order valence-electron chi connectivity index (χ0n) is 13.6. The molecule has 0 bridgehead atoms. The summed E-state index contributed by atoms with van der Waals surface area (Å²) in [5.74, 6) is -0.809. The number of benzene rings is 1. The molecule has 3 rings (SSSR count). The lowest BCUT2D eigenvalue weighted by molar-refractivity contribution is -0.184. The first kappa shape index (κ1) is 17.4. The molecule has 1 fully saturated rings. The summed E-state index contributed by atoms with van der Waals surface area (Å²) >= 11 is 0. The van der Waals surface area contributed by atoms with Gasteiger partial charge in [0.25, 0.3) is 5.91 Å². The van der Waals surface area contributed by atoms with Crippen molar-refractivity contribution in [2.45, 2.75) is 38.0 Å². The molecular formula is C16H18F3N5O. The number of nitrogens with two attached hydrogens (primary N) is 1. The maximum atomic E-state index is 13.2. The molecule has 1 saturated heterocycles. The minimum atomic E-state index is -4.50. The van der Waals surface area contributed by atoms with Gasteiger partial charge in [-0.3, -0.25) is 4.79 Å². The summed E-state index contributed by atoms with van der Waals surface area (Å²) in [6, 6.07) is 4.99. The van der Waals surface area contributed by atoms with Crippen LogP contribution in [0.1, 0.15) is 28.9 Å². The van der Waals surface area contributed by atoms with E-state index < -0.39 is 24.2 Å². The van der Waals surface area contributed by atoms with Gasteiger partial charge in [-0.15, -0.1) is 5.10 Å². The molecule has 2 N–H and O–H groups in total.